The third-order valence-corrected chi connectivity index (χ3v) is 10.2. The molecule has 0 aromatic rings. The maximum atomic E-state index is 6.58. The van der Waals surface area contributed by atoms with Crippen LogP contribution in [0.1, 0.15) is 27.7 Å². The summed E-state index contributed by atoms with van der Waals surface area (Å²) in [6, 6.07) is 1.03. The molecule has 11 heavy (non-hydrogen) atoms. The molecular formula is C9H19ClSi. The molecule has 0 N–H and O–H groups in total. The highest BCUT2D eigenvalue weighted by Crippen LogP contribution is 2.39. The molecule has 0 spiro atoms. The Bertz CT molecular complexity index is 122. The van der Waals surface area contributed by atoms with Crippen molar-refractivity contribution in [3.63, 3.8) is 0 Å². The zero-order chi connectivity index (χ0) is 9.07. The molecule has 0 nitrogen and oxygen atoms in total. The SMILES string of the molecule is C=CC[Si](Cl)(C(C)C)C(C)C. The van der Waals surface area contributed by atoms with Crippen molar-refractivity contribution in [3.8, 4) is 0 Å². The standard InChI is InChI=1S/C9H19ClSi/c1-6-7-11(10,8(2)3)9(4)5/h6,8-9H,1,7H2,2-5H3. The molecule has 0 heterocycles. The molecule has 66 valence electrons. The fourth-order valence-corrected chi connectivity index (χ4v) is 4.41. The van der Waals surface area contributed by atoms with Crippen LogP contribution in [0.25, 0.3) is 0 Å². The maximum Gasteiger partial charge on any atom is 0.165 e. The minimum atomic E-state index is -1.55. The van der Waals surface area contributed by atoms with Crippen LogP contribution in [-0.4, -0.2) is 7.38 Å². The zero-order valence-electron chi connectivity index (χ0n) is 8.02. The summed E-state index contributed by atoms with van der Waals surface area (Å²) < 4.78 is 0. The fraction of sp³-hybridized carbons (Fsp3) is 0.778. The summed E-state index contributed by atoms with van der Waals surface area (Å²) in [6.07, 6.45) is 1.97. The molecule has 0 fully saturated rings. The lowest BCUT2D eigenvalue weighted by Crippen LogP contribution is -2.33. The van der Waals surface area contributed by atoms with Gasteiger partial charge in [0.05, 0.1) is 0 Å². The van der Waals surface area contributed by atoms with E-state index in [9.17, 15) is 0 Å². The van der Waals surface area contributed by atoms with Crippen LogP contribution in [0.15, 0.2) is 12.7 Å². The van der Waals surface area contributed by atoms with Gasteiger partial charge in [0.1, 0.15) is 0 Å². The summed E-state index contributed by atoms with van der Waals surface area (Å²) in [5.74, 6) is 0. The largest absolute Gasteiger partial charge is 0.166 e. The van der Waals surface area contributed by atoms with Crippen molar-refractivity contribution in [2.24, 2.45) is 0 Å². The van der Waals surface area contributed by atoms with Gasteiger partial charge in [-0.3, -0.25) is 0 Å². The van der Waals surface area contributed by atoms with E-state index in [1.54, 1.807) is 0 Å². The van der Waals surface area contributed by atoms with Crippen molar-refractivity contribution in [3.05, 3.63) is 12.7 Å². The summed E-state index contributed by atoms with van der Waals surface area (Å²) in [4.78, 5) is 0. The van der Waals surface area contributed by atoms with Gasteiger partial charge >= 0.3 is 0 Å². The van der Waals surface area contributed by atoms with Gasteiger partial charge in [-0.05, 0) is 17.1 Å². The van der Waals surface area contributed by atoms with Crippen LogP contribution in [-0.2, 0) is 0 Å². The molecule has 0 aliphatic carbocycles. The first-order chi connectivity index (χ1) is 4.95. The Labute approximate surface area is 76.4 Å². The molecule has 0 aliphatic heterocycles. The highest BCUT2D eigenvalue weighted by Gasteiger charge is 2.36. The van der Waals surface area contributed by atoms with E-state index in [4.69, 9.17) is 11.1 Å². The molecule has 0 bridgehead atoms. The molecule has 0 atom stereocenters. The third kappa shape index (κ3) is 2.64. The average Bonchev–Trinajstić information content (AvgIpc) is 1.87. The van der Waals surface area contributed by atoms with E-state index in [1.807, 2.05) is 6.08 Å². The lowest BCUT2D eigenvalue weighted by Gasteiger charge is -2.31. The van der Waals surface area contributed by atoms with Crippen LogP contribution in [0.4, 0.5) is 0 Å². The number of halogens is 1. The Balaban J connectivity index is 4.37. The molecule has 0 amide bonds. The first-order valence-corrected chi connectivity index (χ1v) is 7.62. The maximum absolute atomic E-state index is 6.58. The predicted molar refractivity (Wildman–Crippen MR) is 56.8 cm³/mol. The molecule has 0 rings (SSSR count). The lowest BCUT2D eigenvalue weighted by molar-refractivity contribution is 0.919. The van der Waals surface area contributed by atoms with Crippen LogP contribution in [0.5, 0.6) is 0 Å². The Hall–Kier alpha value is 0.247. The van der Waals surface area contributed by atoms with Crippen molar-refractivity contribution >= 4 is 18.5 Å². The second kappa shape index (κ2) is 4.32. The van der Waals surface area contributed by atoms with E-state index < -0.39 is 7.38 Å². The van der Waals surface area contributed by atoms with Crippen molar-refractivity contribution in [1.29, 1.82) is 0 Å². The number of rotatable bonds is 4. The summed E-state index contributed by atoms with van der Waals surface area (Å²) in [6.45, 7) is 12.7. The minimum Gasteiger partial charge on any atom is -0.166 e. The van der Waals surface area contributed by atoms with Crippen LogP contribution < -0.4 is 0 Å². The first-order valence-electron chi connectivity index (χ1n) is 4.25. The van der Waals surface area contributed by atoms with Crippen LogP contribution in [0.2, 0.25) is 17.1 Å². The zero-order valence-corrected chi connectivity index (χ0v) is 9.78. The van der Waals surface area contributed by atoms with Gasteiger partial charge < -0.3 is 0 Å². The van der Waals surface area contributed by atoms with Gasteiger partial charge in [0.2, 0.25) is 0 Å². The molecule has 0 aliphatic rings. The van der Waals surface area contributed by atoms with Crippen molar-refractivity contribution < 1.29 is 0 Å². The topological polar surface area (TPSA) is 0 Å². The van der Waals surface area contributed by atoms with E-state index in [-0.39, 0.29) is 0 Å². The van der Waals surface area contributed by atoms with Gasteiger partial charge in [-0.2, -0.15) is 11.1 Å². The van der Waals surface area contributed by atoms with E-state index >= 15 is 0 Å². The minimum absolute atomic E-state index is 0.641. The Morgan fingerprint density at radius 3 is 1.73 bits per heavy atom. The molecule has 0 aromatic carbocycles. The molecular weight excluding hydrogens is 172 g/mol. The van der Waals surface area contributed by atoms with Crippen molar-refractivity contribution in [2.45, 2.75) is 44.8 Å². The second-order valence-corrected chi connectivity index (χ2v) is 10.4. The quantitative estimate of drug-likeness (QED) is 0.355. The normalized spacial score (nSPS) is 12.6. The smallest absolute Gasteiger partial charge is 0.165 e. The van der Waals surface area contributed by atoms with E-state index in [0.29, 0.717) is 11.1 Å². The van der Waals surface area contributed by atoms with Gasteiger partial charge in [-0.25, -0.2) is 0 Å². The molecule has 0 unspecified atom stereocenters. The number of hydrogen-bond acceptors (Lipinski definition) is 0. The third-order valence-electron chi connectivity index (χ3n) is 2.38. The Morgan fingerprint density at radius 1 is 1.27 bits per heavy atom. The summed E-state index contributed by atoms with van der Waals surface area (Å²) in [5.41, 5.74) is 1.28. The first kappa shape index (κ1) is 11.2. The molecule has 2 heteroatoms. The van der Waals surface area contributed by atoms with Gasteiger partial charge in [0, 0.05) is 0 Å². The van der Waals surface area contributed by atoms with E-state index in [1.165, 1.54) is 0 Å². The molecule has 0 radical (unpaired) electrons. The van der Waals surface area contributed by atoms with E-state index in [0.717, 1.165) is 6.04 Å². The van der Waals surface area contributed by atoms with Gasteiger partial charge in [0.15, 0.2) is 7.38 Å². The van der Waals surface area contributed by atoms with Crippen LogP contribution >= 0.6 is 11.1 Å². The molecule has 0 saturated heterocycles. The molecule has 0 aromatic heterocycles. The Morgan fingerprint density at radius 2 is 1.64 bits per heavy atom. The van der Waals surface area contributed by atoms with E-state index in [2.05, 4.69) is 34.3 Å². The van der Waals surface area contributed by atoms with Gasteiger partial charge in [-0.15, -0.1) is 6.58 Å². The van der Waals surface area contributed by atoms with Crippen molar-refractivity contribution in [2.75, 3.05) is 0 Å². The van der Waals surface area contributed by atoms with Crippen molar-refractivity contribution in [1.82, 2.24) is 0 Å². The highest BCUT2D eigenvalue weighted by molar-refractivity contribution is 7.21. The van der Waals surface area contributed by atoms with Gasteiger partial charge in [0.25, 0.3) is 0 Å². The highest BCUT2D eigenvalue weighted by atomic mass is 35.6. The Kier molecular flexibility index (Phi) is 4.41. The molecule has 0 saturated carbocycles. The van der Waals surface area contributed by atoms with Crippen LogP contribution in [0, 0.1) is 0 Å². The fourth-order valence-electron chi connectivity index (χ4n) is 1.36. The summed E-state index contributed by atoms with van der Waals surface area (Å²) in [5, 5.41) is 0. The van der Waals surface area contributed by atoms with Crippen LogP contribution in [0.3, 0.4) is 0 Å². The predicted octanol–water partition coefficient (Wildman–Crippen LogP) is 4.18. The lowest BCUT2D eigenvalue weighted by atomic mass is 10.5. The monoisotopic (exact) mass is 190 g/mol. The summed E-state index contributed by atoms with van der Waals surface area (Å²) in [7, 11) is -1.55. The summed E-state index contributed by atoms with van der Waals surface area (Å²) >= 11 is 6.58. The average molecular weight is 191 g/mol. The second-order valence-electron chi connectivity index (χ2n) is 3.73. The number of allylic oxidation sites excluding steroid dienone is 1. The van der Waals surface area contributed by atoms with Gasteiger partial charge in [-0.1, -0.05) is 33.8 Å². The number of hydrogen-bond donors (Lipinski definition) is 0.